The van der Waals surface area contributed by atoms with Gasteiger partial charge in [0.1, 0.15) is 287 Å². The monoisotopic (exact) mass is 2150 g/mol. The number of hydrogen-bond donors (Lipinski definition) is 37. The number of aliphatic hydroxyl groups is 32. The Balaban J connectivity index is 0.929. The van der Waals surface area contributed by atoms with Crippen LogP contribution in [0.3, 0.4) is 0 Å². The lowest BCUT2D eigenvalue weighted by molar-refractivity contribution is -0.407. The van der Waals surface area contributed by atoms with E-state index >= 15 is 0 Å². The summed E-state index contributed by atoms with van der Waals surface area (Å²) in [7, 11) is 0. The highest BCUT2D eigenvalue weighted by molar-refractivity contribution is 5.75. The first kappa shape index (κ1) is 121. The highest BCUT2D eigenvalue weighted by Crippen LogP contribution is 2.43. The van der Waals surface area contributed by atoms with E-state index in [1.807, 2.05) is 0 Å². The van der Waals surface area contributed by atoms with Crippen LogP contribution in [-0.4, -0.2) is 634 Å². The van der Waals surface area contributed by atoms with Gasteiger partial charge in [0.05, 0.1) is 78.8 Å². The van der Waals surface area contributed by atoms with Crippen LogP contribution in [0.2, 0.25) is 0 Å². The number of hydrogen-bond acceptors (Lipinski definition) is 60. The number of aliphatic hydroxyl groups excluding tert-OH is 32. The first-order valence-corrected chi connectivity index (χ1v) is 47.0. The Morgan fingerprint density at radius 1 is 0.190 bits per heavy atom. The van der Waals surface area contributed by atoms with Gasteiger partial charge in [-0.25, -0.2) is 0 Å². The van der Waals surface area contributed by atoms with Crippen molar-refractivity contribution in [3.05, 3.63) is 0 Å². The van der Waals surface area contributed by atoms with E-state index in [2.05, 4.69) is 26.6 Å². The molecule has 850 valence electrons. The van der Waals surface area contributed by atoms with Gasteiger partial charge < -0.3 is 299 Å². The van der Waals surface area contributed by atoms with Crippen molar-refractivity contribution in [1.29, 1.82) is 0 Å². The second-order valence-corrected chi connectivity index (χ2v) is 37.3. The molecule has 0 aromatic heterocycles. The number of ether oxygens (including phenoxy) is 23. The molecule has 37 N–H and O–H groups in total. The van der Waals surface area contributed by atoms with Gasteiger partial charge in [-0.15, -0.1) is 0 Å². The van der Waals surface area contributed by atoms with Crippen LogP contribution < -0.4 is 26.6 Å². The van der Waals surface area contributed by atoms with Gasteiger partial charge >= 0.3 is 0 Å². The second kappa shape index (κ2) is 52.8. The highest BCUT2D eigenvalue weighted by Gasteiger charge is 2.64. The fourth-order valence-electron chi connectivity index (χ4n) is 19.2. The molecule has 0 aromatic carbocycles. The maximum atomic E-state index is 13.5. The average molecular weight is 2150 g/mol. The minimum Gasteiger partial charge on any atom is -0.394 e. The Kier molecular flexibility index (Phi) is 43.4. The van der Waals surface area contributed by atoms with Crippen LogP contribution in [-0.2, 0) is 133 Å². The molecule has 12 fully saturated rings. The Hall–Kier alpha value is -4.85. The lowest BCUT2D eigenvalue weighted by Crippen LogP contribution is -2.71. The van der Waals surface area contributed by atoms with Crippen LogP contribution in [0.25, 0.3) is 0 Å². The van der Waals surface area contributed by atoms with Crippen molar-refractivity contribution in [2.45, 2.75) is 410 Å². The topological polar surface area (TPSA) is 1010 Å². The molecule has 0 aliphatic carbocycles. The van der Waals surface area contributed by atoms with Crippen molar-refractivity contribution >= 4 is 29.5 Å². The van der Waals surface area contributed by atoms with Gasteiger partial charge in [0.2, 0.25) is 29.5 Å². The van der Waals surface area contributed by atoms with E-state index in [1.54, 1.807) is 0 Å². The van der Waals surface area contributed by atoms with Gasteiger partial charge in [-0.2, -0.15) is 0 Å². The third-order valence-corrected chi connectivity index (χ3v) is 27.0. The summed E-state index contributed by atoms with van der Waals surface area (Å²) >= 11 is 0. The maximum Gasteiger partial charge on any atom is 0.217 e. The van der Waals surface area contributed by atoms with Crippen molar-refractivity contribution in [2.75, 3.05) is 72.7 Å². The van der Waals surface area contributed by atoms with Crippen LogP contribution in [0, 0.1) is 0 Å². The van der Waals surface area contributed by atoms with Crippen LogP contribution in [0.15, 0.2) is 0 Å². The van der Waals surface area contributed by atoms with Crippen molar-refractivity contribution in [1.82, 2.24) is 26.6 Å². The minimum atomic E-state index is -2.81. The molecular weight excluding hydrogens is 2010 g/mol. The predicted octanol–water partition coefficient (Wildman–Crippen LogP) is -25.4. The largest absolute Gasteiger partial charge is 0.394 e. The minimum absolute atomic E-state index is 0.856. The number of carbonyl (C=O) groups excluding carboxylic acids is 5. The third kappa shape index (κ3) is 26.8. The fraction of sp³-hybridized carbons (Fsp3) is 0.939. The molecule has 1 unspecified atom stereocenters. The quantitative estimate of drug-likeness (QED) is 0.0273. The number of amides is 5. The average Bonchev–Trinajstić information content (AvgIpc) is 0.754. The van der Waals surface area contributed by atoms with Crippen LogP contribution in [0.4, 0.5) is 0 Å². The van der Waals surface area contributed by atoms with Crippen molar-refractivity contribution in [2.24, 2.45) is 0 Å². The Morgan fingerprint density at radius 2 is 0.422 bits per heavy atom. The van der Waals surface area contributed by atoms with Crippen LogP contribution in [0.1, 0.15) is 41.5 Å². The first-order valence-electron chi connectivity index (χ1n) is 47.0. The Bertz CT molecular complexity index is 4110. The van der Waals surface area contributed by atoms with E-state index in [9.17, 15) is 187 Å². The summed E-state index contributed by atoms with van der Waals surface area (Å²) in [6.07, 6.45) is -119. The van der Waals surface area contributed by atoms with Crippen molar-refractivity contribution in [3.63, 3.8) is 0 Å². The molecule has 12 rings (SSSR count). The predicted molar refractivity (Wildman–Crippen MR) is 452 cm³/mol. The van der Waals surface area contributed by atoms with Crippen molar-refractivity contribution in [3.8, 4) is 0 Å². The molecule has 0 spiro atoms. The molecule has 12 saturated heterocycles. The summed E-state index contributed by atoms with van der Waals surface area (Å²) in [6.45, 7) is -7.27. The number of rotatable bonds is 38. The van der Waals surface area contributed by atoms with E-state index in [4.69, 9.17) is 109 Å². The SMILES string of the molecule is CC(=O)N[C@H]1[C@H](O[C@H]2[C@H](O)[C@@H](NC(C)=O)C(O)O[C@@H]2CO[C@@H]2O[C@@H](C)[C@@H](O)[C@@H](O)[C@@H]2O)O[C@H](CO)[C@@H](O[C@H]2O[C@H](CO[C@H]3O[C@H](CO)[C@@H](O)[C@H](O)[C@@H]3O[C@@H]3O[C@H](CO)[C@@H](O[C@@H]4O[C@H](CO)[C@H](O)[C@H](O)[C@H]4O)[C@H](O)[C@H]3NC(C)=O)[C@@H](O)[C@H](O[C@H]3O[C@H](CO)[C@@H](O[C@@H]4O[C@H](CO)[C@@H](O[C@@H]5O[C@H](CO)[C@H](O)[C@H](O)[C@H]5O)[C@H](O)[C@H]4NC(C)=O)[C@H](O)[C@@H]3O[C@@H]3O[C@H](CO)[C@@H](O[C@@H]4O[C@H](CO)[C@H](O)[C@H](O)[C@H]4O)[C@H](O)[C@H]3NC(C)=O)[C@@H]2O)[C@@H]1O. The molecule has 0 radical (unpaired) electrons. The summed E-state index contributed by atoms with van der Waals surface area (Å²) in [5.41, 5.74) is 0. The fourth-order valence-corrected chi connectivity index (χ4v) is 19.2. The highest BCUT2D eigenvalue weighted by atomic mass is 16.8. The van der Waals surface area contributed by atoms with E-state index in [1.165, 1.54) is 6.92 Å². The molecule has 65 heteroatoms. The van der Waals surface area contributed by atoms with Gasteiger partial charge in [0.25, 0.3) is 0 Å². The molecule has 0 saturated carbocycles. The smallest absolute Gasteiger partial charge is 0.217 e. The zero-order valence-electron chi connectivity index (χ0n) is 79.2. The second-order valence-electron chi connectivity index (χ2n) is 37.3. The summed E-state index contributed by atoms with van der Waals surface area (Å²) < 4.78 is 139. The Morgan fingerprint density at radius 3 is 0.762 bits per heavy atom. The molecule has 12 heterocycles. The zero-order chi connectivity index (χ0) is 108. The van der Waals surface area contributed by atoms with E-state index < -0.39 is 470 Å². The number of carbonyl (C=O) groups is 5. The van der Waals surface area contributed by atoms with E-state index in [0.717, 1.165) is 34.6 Å². The maximum absolute atomic E-state index is 13.5. The van der Waals surface area contributed by atoms with Crippen LogP contribution in [0.5, 0.6) is 0 Å². The van der Waals surface area contributed by atoms with Gasteiger partial charge in [0, 0.05) is 34.6 Å². The normalized spacial score (nSPS) is 49.6. The lowest BCUT2D eigenvalue weighted by Gasteiger charge is -2.52. The molecule has 147 heavy (non-hydrogen) atoms. The van der Waals surface area contributed by atoms with E-state index in [0.29, 0.717) is 0 Å². The number of nitrogens with one attached hydrogen (secondary N) is 5. The summed E-state index contributed by atoms with van der Waals surface area (Å²) in [5, 5.41) is 374. The van der Waals surface area contributed by atoms with Gasteiger partial charge in [-0.1, -0.05) is 0 Å². The Labute approximate surface area is 832 Å². The summed E-state index contributed by atoms with van der Waals surface area (Å²) in [6, 6.07) is -10.2. The molecule has 12 aliphatic heterocycles. The first-order chi connectivity index (χ1) is 69.5. The summed E-state index contributed by atoms with van der Waals surface area (Å²) in [4.78, 5) is 66.0. The molecule has 65 nitrogen and oxygen atoms in total. The van der Waals surface area contributed by atoms with E-state index in [-0.39, 0.29) is 0 Å². The van der Waals surface area contributed by atoms with Gasteiger partial charge in [0.15, 0.2) is 75.5 Å². The molecule has 12 aliphatic rings. The van der Waals surface area contributed by atoms with Crippen LogP contribution >= 0.6 is 0 Å². The zero-order valence-corrected chi connectivity index (χ0v) is 79.2. The standard InChI is InChI=1S/C82H137N5O60/c1-18-40(102)51(113)56(118)76(127-18)125-17-34-67(46(108)35(71(124)128-34)83-19(2)97)140-73-37(85-21(4)99)48(110)65(31(14-95)134-73)144-80-61(123)68(45(107)33(138-80)16-126-81-69(55(117)44(106)27(10-91)132-81)146-74-38(86-22(5)100)49(111)63(29(12-93)135-74)142-78-58(120)53(115)42(104)25(8-89)130-78)145-82-70(147-75-39(87-23(6)101)50(112)64(30(13-94)136-75)143-79-59(121)54(116)43(105)26(9-90)131-79)60(122)66(32(15-96)137-82)139-72-36(84-20(3)98)47(109)62(28(11-92)133-72)141-77-57(119)52(114)41(103)24(7-88)129-77/h18,24-82,88-96,102-124H,7-17H2,1-6H3,(H,83,97)(H,84,98)(H,85,99)(H,86,100)(H,87,101)/t18-,24+,25+,26+,27+,28+,29+,30+,31+,32+,33+,34+,35+,36+,37+,38+,39+,40+,41-,42-,43-,44+,45+,46+,47+,48+,49+,50+,51+,52-,53-,54-,55-,56-,57+,58+,59+,60-,61-,62+,63+,64+,65+,66+,67+,68-,69-,70-,71?,72-,73-,74-,75-,76+,77-,78-,79-,80+,81-,82+/m0/s1. The summed E-state index contributed by atoms with van der Waals surface area (Å²) in [5.74, 6) is -5.06. The molecular formula is C82H137N5O60. The van der Waals surface area contributed by atoms with Gasteiger partial charge in [-0.05, 0) is 6.92 Å². The lowest BCUT2D eigenvalue weighted by atomic mass is 9.93. The molecule has 5 amide bonds. The third-order valence-electron chi connectivity index (χ3n) is 27.0. The van der Waals surface area contributed by atoms with Gasteiger partial charge in [-0.3, -0.25) is 24.0 Å². The van der Waals surface area contributed by atoms with Crippen molar-refractivity contribution < 1.29 is 296 Å². The molecule has 0 aromatic rings. The molecule has 0 bridgehead atoms. The molecule has 60 atom stereocenters.